The topological polar surface area (TPSA) is 0 Å². The number of rotatable bonds is 9. The molecular formula is C13H24S2. The molecule has 0 aliphatic rings. The molecule has 0 rings (SSSR count). The molecule has 0 radical (unpaired) electrons. The lowest BCUT2D eigenvalue weighted by Gasteiger charge is -2.02. The largest absolute Gasteiger partial charge is 0.162 e. The molecule has 15 heavy (non-hydrogen) atoms. The molecular weight excluding hydrogens is 220 g/mol. The zero-order chi connectivity index (χ0) is 11.5. The summed E-state index contributed by atoms with van der Waals surface area (Å²) in [6, 6.07) is 0. The van der Waals surface area contributed by atoms with Crippen LogP contribution in [0.5, 0.6) is 0 Å². The summed E-state index contributed by atoms with van der Waals surface area (Å²) >= 11 is 3.83. The van der Waals surface area contributed by atoms with Crippen molar-refractivity contribution in [1.29, 1.82) is 0 Å². The second-order valence-corrected chi connectivity index (χ2v) is 6.25. The molecule has 0 aromatic carbocycles. The molecule has 2 heteroatoms. The number of unbranched alkanes of at least 4 members (excludes halogenated alkanes) is 1. The Morgan fingerprint density at radius 2 is 1.93 bits per heavy atom. The molecule has 88 valence electrons. The SMILES string of the molecule is C=C(C)S/C=C(\C)CCCCSCCC. The van der Waals surface area contributed by atoms with Gasteiger partial charge >= 0.3 is 0 Å². The van der Waals surface area contributed by atoms with Gasteiger partial charge in [0.1, 0.15) is 0 Å². The molecule has 0 aliphatic heterocycles. The molecule has 0 aromatic heterocycles. The zero-order valence-corrected chi connectivity index (χ0v) is 12.0. The molecule has 0 fully saturated rings. The van der Waals surface area contributed by atoms with Crippen LogP contribution in [0, 0.1) is 0 Å². The minimum atomic E-state index is 1.17. The van der Waals surface area contributed by atoms with E-state index in [1.54, 1.807) is 11.8 Å². The second-order valence-electron chi connectivity index (χ2n) is 3.85. The Kier molecular flexibility index (Phi) is 10.8. The standard InChI is InChI=1S/C13H24S2/c1-5-9-14-10-7-6-8-13(4)11-15-12(2)3/h11H,2,5-10H2,1,3-4H3/b13-11+. The molecule has 0 spiro atoms. The monoisotopic (exact) mass is 244 g/mol. The lowest BCUT2D eigenvalue weighted by Crippen LogP contribution is -1.84. The molecule has 0 aliphatic carbocycles. The third-order valence-corrected chi connectivity index (χ3v) is 4.12. The lowest BCUT2D eigenvalue weighted by molar-refractivity contribution is 0.795. The highest BCUT2D eigenvalue weighted by Gasteiger charge is 1.93. The van der Waals surface area contributed by atoms with Crippen LogP contribution < -0.4 is 0 Å². The summed E-state index contributed by atoms with van der Waals surface area (Å²) in [4.78, 5) is 1.17. The summed E-state index contributed by atoms with van der Waals surface area (Å²) in [5, 5.41) is 2.24. The van der Waals surface area contributed by atoms with Crippen molar-refractivity contribution in [2.45, 2.75) is 46.5 Å². The summed E-state index contributed by atoms with van der Waals surface area (Å²) in [5.41, 5.74) is 1.49. The van der Waals surface area contributed by atoms with Crippen molar-refractivity contribution in [1.82, 2.24) is 0 Å². The van der Waals surface area contributed by atoms with Gasteiger partial charge < -0.3 is 0 Å². The van der Waals surface area contributed by atoms with E-state index in [2.05, 4.69) is 44.5 Å². The maximum atomic E-state index is 3.87. The van der Waals surface area contributed by atoms with E-state index in [1.165, 1.54) is 47.7 Å². The maximum Gasteiger partial charge on any atom is -0.00674 e. The zero-order valence-electron chi connectivity index (χ0n) is 10.3. The molecule has 0 amide bonds. The maximum absolute atomic E-state index is 3.87. The first-order chi connectivity index (χ1) is 7.16. The second kappa shape index (κ2) is 10.7. The van der Waals surface area contributed by atoms with Crippen LogP contribution in [0.3, 0.4) is 0 Å². The number of allylic oxidation sites excluding steroid dienone is 2. The molecule has 0 aromatic rings. The van der Waals surface area contributed by atoms with Crippen molar-refractivity contribution in [3.05, 3.63) is 22.5 Å². The third kappa shape index (κ3) is 12.1. The van der Waals surface area contributed by atoms with Crippen LogP contribution in [0.1, 0.15) is 46.5 Å². The first-order valence-corrected chi connectivity index (χ1v) is 7.75. The minimum Gasteiger partial charge on any atom is -0.162 e. The molecule has 0 atom stereocenters. The Balaban J connectivity index is 3.34. The Hall–Kier alpha value is 0.180. The van der Waals surface area contributed by atoms with Crippen LogP contribution in [0.15, 0.2) is 22.5 Å². The summed E-state index contributed by atoms with van der Waals surface area (Å²) in [6.45, 7) is 10.4. The van der Waals surface area contributed by atoms with E-state index in [0.29, 0.717) is 0 Å². The summed E-state index contributed by atoms with van der Waals surface area (Å²) in [5.74, 6) is 2.65. The van der Waals surface area contributed by atoms with Crippen LogP contribution in [-0.4, -0.2) is 11.5 Å². The van der Waals surface area contributed by atoms with Gasteiger partial charge in [-0.3, -0.25) is 0 Å². The Morgan fingerprint density at radius 3 is 2.53 bits per heavy atom. The molecule has 0 saturated carbocycles. The predicted octanol–water partition coefficient (Wildman–Crippen LogP) is 5.47. The van der Waals surface area contributed by atoms with Crippen molar-refractivity contribution in [2.75, 3.05) is 11.5 Å². The highest BCUT2D eigenvalue weighted by molar-refractivity contribution is 8.05. The van der Waals surface area contributed by atoms with E-state index in [1.807, 2.05) is 0 Å². The Morgan fingerprint density at radius 1 is 1.20 bits per heavy atom. The van der Waals surface area contributed by atoms with Crippen LogP contribution in [0.25, 0.3) is 0 Å². The van der Waals surface area contributed by atoms with Crippen LogP contribution in [0.2, 0.25) is 0 Å². The van der Waals surface area contributed by atoms with Gasteiger partial charge in [-0.15, -0.1) is 11.8 Å². The first kappa shape index (κ1) is 15.2. The van der Waals surface area contributed by atoms with Crippen LogP contribution in [-0.2, 0) is 0 Å². The quantitative estimate of drug-likeness (QED) is 0.493. The number of thioether (sulfide) groups is 2. The fourth-order valence-corrected chi connectivity index (χ4v) is 2.54. The fraction of sp³-hybridized carbons (Fsp3) is 0.692. The van der Waals surface area contributed by atoms with Crippen molar-refractivity contribution < 1.29 is 0 Å². The highest BCUT2D eigenvalue weighted by Crippen LogP contribution is 2.19. The Labute approximate surface area is 104 Å². The number of hydrogen-bond donors (Lipinski definition) is 0. The fourth-order valence-electron chi connectivity index (χ4n) is 1.11. The van der Waals surface area contributed by atoms with Gasteiger partial charge in [-0.1, -0.05) is 19.1 Å². The van der Waals surface area contributed by atoms with Crippen molar-refractivity contribution in [3.63, 3.8) is 0 Å². The third-order valence-electron chi connectivity index (χ3n) is 1.92. The van der Waals surface area contributed by atoms with Gasteiger partial charge in [-0.25, -0.2) is 0 Å². The first-order valence-electron chi connectivity index (χ1n) is 5.72. The van der Waals surface area contributed by atoms with Crippen molar-refractivity contribution in [2.24, 2.45) is 0 Å². The summed E-state index contributed by atoms with van der Waals surface area (Å²) < 4.78 is 0. The normalized spacial score (nSPS) is 11.8. The average molecular weight is 244 g/mol. The van der Waals surface area contributed by atoms with Gasteiger partial charge in [0.2, 0.25) is 0 Å². The molecule has 0 unspecified atom stereocenters. The van der Waals surface area contributed by atoms with Crippen LogP contribution >= 0.6 is 23.5 Å². The van der Waals surface area contributed by atoms with E-state index in [9.17, 15) is 0 Å². The lowest BCUT2D eigenvalue weighted by atomic mass is 10.1. The van der Waals surface area contributed by atoms with Crippen LogP contribution in [0.4, 0.5) is 0 Å². The predicted molar refractivity (Wildman–Crippen MR) is 77.6 cm³/mol. The molecule has 0 bridgehead atoms. The molecule has 0 nitrogen and oxygen atoms in total. The van der Waals surface area contributed by atoms with Gasteiger partial charge in [0.25, 0.3) is 0 Å². The van der Waals surface area contributed by atoms with Gasteiger partial charge in [0.15, 0.2) is 0 Å². The molecule has 0 heterocycles. The number of hydrogen-bond acceptors (Lipinski definition) is 2. The van der Waals surface area contributed by atoms with Gasteiger partial charge in [-0.05, 0) is 61.3 Å². The van der Waals surface area contributed by atoms with E-state index in [4.69, 9.17) is 0 Å². The van der Waals surface area contributed by atoms with E-state index >= 15 is 0 Å². The smallest absolute Gasteiger partial charge is 0.00674 e. The van der Waals surface area contributed by atoms with E-state index in [0.717, 1.165) is 0 Å². The highest BCUT2D eigenvalue weighted by atomic mass is 32.2. The summed E-state index contributed by atoms with van der Waals surface area (Å²) in [6.07, 6.45) is 5.23. The summed E-state index contributed by atoms with van der Waals surface area (Å²) in [7, 11) is 0. The minimum absolute atomic E-state index is 1.17. The van der Waals surface area contributed by atoms with Crippen molar-refractivity contribution >= 4 is 23.5 Å². The van der Waals surface area contributed by atoms with Gasteiger partial charge in [-0.2, -0.15) is 11.8 Å². The van der Waals surface area contributed by atoms with Gasteiger partial charge in [0.05, 0.1) is 0 Å². The van der Waals surface area contributed by atoms with Gasteiger partial charge in [0, 0.05) is 0 Å². The van der Waals surface area contributed by atoms with Crippen molar-refractivity contribution in [3.8, 4) is 0 Å². The Bertz CT molecular complexity index is 195. The molecule has 0 N–H and O–H groups in total. The molecule has 0 saturated heterocycles. The van der Waals surface area contributed by atoms with E-state index in [-0.39, 0.29) is 0 Å². The average Bonchev–Trinajstić information content (AvgIpc) is 2.20. The van der Waals surface area contributed by atoms with E-state index < -0.39 is 0 Å².